The second kappa shape index (κ2) is 8.11. The number of carbonyl (C=O) groups is 1. The summed E-state index contributed by atoms with van der Waals surface area (Å²) in [6.07, 6.45) is 1.35. The molecule has 1 aromatic carbocycles. The molecule has 1 aliphatic heterocycles. The van der Waals surface area contributed by atoms with Gasteiger partial charge < -0.3 is 14.2 Å². The van der Waals surface area contributed by atoms with Crippen LogP contribution in [0.2, 0.25) is 0 Å². The molecule has 0 bridgehead atoms. The maximum atomic E-state index is 12.6. The van der Waals surface area contributed by atoms with Crippen molar-refractivity contribution in [2.75, 3.05) is 33.3 Å². The van der Waals surface area contributed by atoms with Gasteiger partial charge in [0.15, 0.2) is 5.82 Å². The normalized spacial score (nSPS) is 15.8. The van der Waals surface area contributed by atoms with E-state index in [9.17, 15) is 4.79 Å². The first-order valence-corrected chi connectivity index (χ1v) is 8.56. The van der Waals surface area contributed by atoms with E-state index < -0.39 is 0 Å². The largest absolute Gasteiger partial charge is 0.497 e. The van der Waals surface area contributed by atoms with Crippen molar-refractivity contribution in [2.45, 2.75) is 26.3 Å². The van der Waals surface area contributed by atoms with Gasteiger partial charge in [0.2, 0.25) is 11.8 Å². The van der Waals surface area contributed by atoms with Crippen LogP contribution in [0.5, 0.6) is 5.75 Å². The highest BCUT2D eigenvalue weighted by molar-refractivity contribution is 5.79. The molecular formula is C18H24N4O3. The van der Waals surface area contributed by atoms with Crippen LogP contribution in [0.3, 0.4) is 0 Å². The topological polar surface area (TPSA) is 71.7 Å². The lowest BCUT2D eigenvalue weighted by Gasteiger charge is -2.21. The van der Waals surface area contributed by atoms with Gasteiger partial charge in [-0.2, -0.15) is 4.98 Å². The van der Waals surface area contributed by atoms with Crippen LogP contribution in [-0.4, -0.2) is 59.1 Å². The summed E-state index contributed by atoms with van der Waals surface area (Å²) in [6.45, 7) is 5.70. The Labute approximate surface area is 147 Å². The lowest BCUT2D eigenvalue weighted by Crippen LogP contribution is -2.36. The summed E-state index contributed by atoms with van der Waals surface area (Å²) in [5.74, 6) is 2.22. The van der Waals surface area contributed by atoms with E-state index in [0.717, 1.165) is 43.9 Å². The molecule has 0 aliphatic carbocycles. The zero-order valence-electron chi connectivity index (χ0n) is 14.8. The molecule has 25 heavy (non-hydrogen) atoms. The summed E-state index contributed by atoms with van der Waals surface area (Å²) >= 11 is 0. The molecule has 0 spiro atoms. The van der Waals surface area contributed by atoms with Crippen LogP contribution in [-0.2, 0) is 17.8 Å². The van der Waals surface area contributed by atoms with Gasteiger partial charge in [-0.1, -0.05) is 17.3 Å². The molecule has 1 amide bonds. The maximum absolute atomic E-state index is 12.6. The van der Waals surface area contributed by atoms with E-state index in [4.69, 9.17) is 9.26 Å². The van der Waals surface area contributed by atoms with Crippen LogP contribution in [0.25, 0.3) is 0 Å². The van der Waals surface area contributed by atoms with Gasteiger partial charge in [-0.15, -0.1) is 0 Å². The van der Waals surface area contributed by atoms with Crippen LogP contribution in [0, 0.1) is 6.92 Å². The van der Waals surface area contributed by atoms with Crippen molar-refractivity contribution in [1.29, 1.82) is 0 Å². The fraction of sp³-hybridized carbons (Fsp3) is 0.500. The highest BCUT2D eigenvalue weighted by atomic mass is 16.5. The highest BCUT2D eigenvalue weighted by Crippen LogP contribution is 2.15. The Morgan fingerprint density at radius 3 is 2.92 bits per heavy atom. The molecule has 7 heteroatoms. The zero-order chi connectivity index (χ0) is 17.6. The number of amides is 1. The molecule has 1 saturated heterocycles. The molecule has 0 saturated carbocycles. The molecule has 7 nitrogen and oxygen atoms in total. The Morgan fingerprint density at radius 1 is 1.28 bits per heavy atom. The molecule has 134 valence electrons. The van der Waals surface area contributed by atoms with E-state index in [1.54, 1.807) is 14.0 Å². The average Bonchev–Trinajstić information content (AvgIpc) is 2.88. The van der Waals surface area contributed by atoms with Crippen molar-refractivity contribution in [1.82, 2.24) is 19.9 Å². The number of benzene rings is 1. The zero-order valence-corrected chi connectivity index (χ0v) is 14.8. The van der Waals surface area contributed by atoms with Gasteiger partial charge in [0.25, 0.3) is 0 Å². The lowest BCUT2D eigenvalue weighted by molar-refractivity contribution is -0.130. The summed E-state index contributed by atoms with van der Waals surface area (Å²) in [6, 6.07) is 7.68. The van der Waals surface area contributed by atoms with Crippen molar-refractivity contribution in [3.05, 3.63) is 41.5 Å². The van der Waals surface area contributed by atoms with Crippen LogP contribution < -0.4 is 4.74 Å². The molecule has 1 fully saturated rings. The Hall–Kier alpha value is -2.41. The van der Waals surface area contributed by atoms with E-state index in [0.29, 0.717) is 24.7 Å². The van der Waals surface area contributed by atoms with Crippen LogP contribution in [0.15, 0.2) is 28.8 Å². The van der Waals surface area contributed by atoms with Crippen molar-refractivity contribution >= 4 is 5.91 Å². The van der Waals surface area contributed by atoms with E-state index in [1.807, 2.05) is 29.2 Å². The fourth-order valence-electron chi connectivity index (χ4n) is 3.05. The first-order chi connectivity index (χ1) is 12.1. The number of aryl methyl sites for hydroxylation is 1. The molecule has 1 aromatic heterocycles. The molecule has 0 N–H and O–H groups in total. The van der Waals surface area contributed by atoms with E-state index in [2.05, 4.69) is 15.0 Å². The van der Waals surface area contributed by atoms with Crippen molar-refractivity contribution < 1.29 is 14.1 Å². The first-order valence-electron chi connectivity index (χ1n) is 8.56. The van der Waals surface area contributed by atoms with E-state index >= 15 is 0 Å². The number of carbonyl (C=O) groups excluding carboxylic acids is 1. The van der Waals surface area contributed by atoms with Gasteiger partial charge in [0.05, 0.1) is 20.1 Å². The number of nitrogens with zero attached hydrogens (tertiary/aromatic N) is 4. The Balaban J connectivity index is 1.54. The molecule has 0 unspecified atom stereocenters. The summed E-state index contributed by atoms with van der Waals surface area (Å²) in [4.78, 5) is 21.1. The van der Waals surface area contributed by atoms with Gasteiger partial charge in [0.1, 0.15) is 5.75 Å². The standard InChI is InChI=1S/C18H24N4O3/c1-14-19-17(20-25-14)13-21-7-4-8-22(10-9-21)18(23)12-15-5-3-6-16(11-15)24-2/h3,5-6,11H,4,7-10,12-13H2,1-2H3. The highest BCUT2D eigenvalue weighted by Gasteiger charge is 2.20. The number of ether oxygens (including phenoxy) is 1. The Bertz CT molecular complexity index is 716. The summed E-state index contributed by atoms with van der Waals surface area (Å²) in [5.41, 5.74) is 0.979. The first kappa shape index (κ1) is 17.4. The van der Waals surface area contributed by atoms with Gasteiger partial charge in [0, 0.05) is 33.1 Å². The number of hydrogen-bond acceptors (Lipinski definition) is 6. The predicted molar refractivity (Wildman–Crippen MR) is 92.2 cm³/mol. The van der Waals surface area contributed by atoms with Gasteiger partial charge in [-0.05, 0) is 24.1 Å². The Kier molecular flexibility index (Phi) is 5.65. The quantitative estimate of drug-likeness (QED) is 0.821. The minimum atomic E-state index is 0.158. The molecule has 0 radical (unpaired) electrons. The summed E-state index contributed by atoms with van der Waals surface area (Å²) in [5, 5.41) is 3.95. The number of rotatable bonds is 5. The summed E-state index contributed by atoms with van der Waals surface area (Å²) < 4.78 is 10.2. The third kappa shape index (κ3) is 4.79. The third-order valence-electron chi connectivity index (χ3n) is 4.37. The smallest absolute Gasteiger partial charge is 0.227 e. The van der Waals surface area contributed by atoms with Crippen LogP contribution in [0.1, 0.15) is 23.7 Å². The number of hydrogen-bond donors (Lipinski definition) is 0. The SMILES string of the molecule is COc1cccc(CC(=O)N2CCCN(Cc3noc(C)n3)CC2)c1. The van der Waals surface area contributed by atoms with Gasteiger partial charge in [-0.25, -0.2) is 0 Å². The minimum absolute atomic E-state index is 0.158. The van der Waals surface area contributed by atoms with Crippen molar-refractivity contribution in [2.24, 2.45) is 0 Å². The van der Waals surface area contributed by atoms with Crippen LogP contribution in [0.4, 0.5) is 0 Å². The minimum Gasteiger partial charge on any atom is -0.497 e. The molecule has 0 atom stereocenters. The fourth-order valence-corrected chi connectivity index (χ4v) is 3.05. The molecule has 1 aliphatic rings. The van der Waals surface area contributed by atoms with Crippen molar-refractivity contribution in [3.8, 4) is 5.75 Å². The Morgan fingerprint density at radius 2 is 2.16 bits per heavy atom. The molecule has 2 heterocycles. The average molecular weight is 344 g/mol. The predicted octanol–water partition coefficient (Wildman–Crippen LogP) is 1.66. The molecule has 2 aromatic rings. The second-order valence-electron chi connectivity index (χ2n) is 6.27. The third-order valence-corrected chi connectivity index (χ3v) is 4.37. The van der Waals surface area contributed by atoms with E-state index in [1.165, 1.54) is 0 Å². The van der Waals surface area contributed by atoms with Crippen LogP contribution >= 0.6 is 0 Å². The lowest BCUT2D eigenvalue weighted by atomic mass is 10.1. The van der Waals surface area contributed by atoms with E-state index in [-0.39, 0.29) is 5.91 Å². The number of methoxy groups -OCH3 is 1. The summed E-state index contributed by atoms with van der Waals surface area (Å²) in [7, 11) is 1.63. The monoisotopic (exact) mass is 344 g/mol. The van der Waals surface area contributed by atoms with Gasteiger partial charge >= 0.3 is 0 Å². The van der Waals surface area contributed by atoms with Gasteiger partial charge in [-0.3, -0.25) is 9.69 Å². The molecule has 3 rings (SSSR count). The second-order valence-corrected chi connectivity index (χ2v) is 6.27. The van der Waals surface area contributed by atoms with Crippen molar-refractivity contribution in [3.63, 3.8) is 0 Å². The maximum Gasteiger partial charge on any atom is 0.227 e. The molecular weight excluding hydrogens is 320 g/mol. The number of aromatic nitrogens is 2.